The van der Waals surface area contributed by atoms with E-state index in [1.54, 1.807) is 13.0 Å². The molecule has 2 atom stereocenters. The van der Waals surface area contributed by atoms with Crippen LogP contribution in [0.15, 0.2) is 42.5 Å². The first-order chi connectivity index (χ1) is 15.8. The number of benzene rings is 2. The van der Waals surface area contributed by atoms with Gasteiger partial charge in [-0.25, -0.2) is 4.39 Å². The molecule has 1 heterocycles. The van der Waals surface area contributed by atoms with Crippen LogP contribution in [-0.2, 0) is 11.3 Å². The number of aliphatic hydroxyl groups excluding tert-OH is 1. The third-order valence-corrected chi connectivity index (χ3v) is 6.22. The Labute approximate surface area is 199 Å². The molecule has 1 aliphatic heterocycles. The lowest BCUT2D eigenvalue weighted by molar-refractivity contribution is -0.137. The van der Waals surface area contributed by atoms with Gasteiger partial charge in [0.15, 0.2) is 0 Å². The number of carboxylic acid groups (broad SMARTS) is 1. The maximum absolute atomic E-state index is 13.7. The standard InChI is InChI=1S/C25H32ClFN2O4/c1-17(12-25(31)32)23-7-6-20(27)13-24(23)33-16-22(30)14-28-21-8-10-29(11-9-21)15-18-2-4-19(26)5-3-18/h2-7,13,17,21-22,28,30H,8-12,14-16H2,1H3,(H,31,32)/t17?,22-/m1/s1. The van der Waals surface area contributed by atoms with Crippen LogP contribution < -0.4 is 10.1 Å². The van der Waals surface area contributed by atoms with Crippen LogP contribution in [0.25, 0.3) is 0 Å². The van der Waals surface area contributed by atoms with E-state index in [0.29, 0.717) is 18.2 Å². The summed E-state index contributed by atoms with van der Waals surface area (Å²) in [5.41, 5.74) is 1.86. The Bertz CT molecular complexity index is 904. The summed E-state index contributed by atoms with van der Waals surface area (Å²) in [5, 5.41) is 23.5. The molecule has 0 amide bonds. The predicted octanol–water partition coefficient (Wildman–Crippen LogP) is 4.05. The van der Waals surface area contributed by atoms with Gasteiger partial charge in [-0.1, -0.05) is 36.7 Å². The van der Waals surface area contributed by atoms with Crippen molar-refractivity contribution in [3.05, 3.63) is 64.4 Å². The fourth-order valence-electron chi connectivity index (χ4n) is 4.10. The second kappa shape index (κ2) is 12.3. The van der Waals surface area contributed by atoms with Crippen molar-refractivity contribution in [1.29, 1.82) is 0 Å². The van der Waals surface area contributed by atoms with E-state index in [0.717, 1.165) is 37.5 Å². The van der Waals surface area contributed by atoms with Crippen LogP contribution in [0.1, 0.15) is 43.2 Å². The number of nitrogens with zero attached hydrogens (tertiary/aromatic N) is 1. The first kappa shape index (κ1) is 25.4. The molecule has 6 nitrogen and oxygen atoms in total. The zero-order valence-electron chi connectivity index (χ0n) is 18.8. The third-order valence-electron chi connectivity index (χ3n) is 5.97. The van der Waals surface area contributed by atoms with Crippen molar-refractivity contribution in [3.63, 3.8) is 0 Å². The van der Waals surface area contributed by atoms with Crippen LogP contribution >= 0.6 is 11.6 Å². The zero-order chi connectivity index (χ0) is 23.8. The smallest absolute Gasteiger partial charge is 0.303 e. The molecule has 0 aliphatic carbocycles. The van der Waals surface area contributed by atoms with Crippen molar-refractivity contribution < 1.29 is 24.1 Å². The molecule has 1 fully saturated rings. The summed E-state index contributed by atoms with van der Waals surface area (Å²) in [7, 11) is 0. The normalized spacial score (nSPS) is 17.0. The van der Waals surface area contributed by atoms with Crippen molar-refractivity contribution in [2.75, 3.05) is 26.2 Å². The molecule has 2 aromatic rings. The highest BCUT2D eigenvalue weighted by molar-refractivity contribution is 6.30. The summed E-state index contributed by atoms with van der Waals surface area (Å²) in [6.45, 7) is 4.97. The number of nitrogens with one attached hydrogen (secondary N) is 1. The van der Waals surface area contributed by atoms with Gasteiger partial charge < -0.3 is 20.3 Å². The Kier molecular flexibility index (Phi) is 9.50. The number of likely N-dealkylation sites (tertiary alicyclic amines) is 1. The molecular weight excluding hydrogens is 447 g/mol. The van der Waals surface area contributed by atoms with E-state index in [4.69, 9.17) is 21.4 Å². The number of hydrogen-bond donors (Lipinski definition) is 3. The number of rotatable bonds is 11. The Morgan fingerprint density at radius 1 is 1.24 bits per heavy atom. The van der Waals surface area contributed by atoms with Crippen molar-refractivity contribution in [2.24, 2.45) is 0 Å². The maximum atomic E-state index is 13.7. The second-order valence-corrected chi connectivity index (χ2v) is 9.17. The Balaban J connectivity index is 1.40. The van der Waals surface area contributed by atoms with Crippen LogP contribution in [-0.4, -0.2) is 59.5 Å². The Hall–Kier alpha value is -2.19. The van der Waals surface area contributed by atoms with Crippen LogP contribution in [0, 0.1) is 5.82 Å². The number of carbonyl (C=O) groups is 1. The number of aliphatic hydroxyl groups is 1. The van der Waals surface area contributed by atoms with E-state index in [9.17, 15) is 14.3 Å². The molecule has 0 bridgehead atoms. The predicted molar refractivity (Wildman–Crippen MR) is 126 cm³/mol. The van der Waals surface area contributed by atoms with E-state index in [-0.39, 0.29) is 24.7 Å². The van der Waals surface area contributed by atoms with Crippen LogP contribution in [0.3, 0.4) is 0 Å². The first-order valence-electron chi connectivity index (χ1n) is 11.3. The van der Waals surface area contributed by atoms with E-state index in [2.05, 4.69) is 22.3 Å². The van der Waals surface area contributed by atoms with Gasteiger partial charge >= 0.3 is 5.97 Å². The average molecular weight is 479 g/mol. The van der Waals surface area contributed by atoms with Crippen LogP contribution in [0.5, 0.6) is 5.75 Å². The molecule has 33 heavy (non-hydrogen) atoms. The lowest BCUT2D eigenvalue weighted by Crippen LogP contribution is -2.45. The minimum absolute atomic E-state index is 0.00133. The number of halogens is 2. The van der Waals surface area contributed by atoms with Gasteiger partial charge in [0.05, 0.1) is 6.42 Å². The van der Waals surface area contributed by atoms with Crippen LogP contribution in [0.2, 0.25) is 5.02 Å². The number of carboxylic acids is 1. The van der Waals surface area contributed by atoms with E-state index >= 15 is 0 Å². The summed E-state index contributed by atoms with van der Waals surface area (Å²) < 4.78 is 19.4. The van der Waals surface area contributed by atoms with Gasteiger partial charge in [0.2, 0.25) is 0 Å². The lowest BCUT2D eigenvalue weighted by atomic mass is 9.97. The zero-order valence-corrected chi connectivity index (χ0v) is 19.6. The van der Waals surface area contributed by atoms with E-state index in [1.807, 2.05) is 12.1 Å². The van der Waals surface area contributed by atoms with Crippen molar-refractivity contribution in [2.45, 2.75) is 50.8 Å². The summed E-state index contributed by atoms with van der Waals surface area (Å²) >= 11 is 5.95. The Morgan fingerprint density at radius 2 is 1.94 bits per heavy atom. The largest absolute Gasteiger partial charge is 0.490 e. The molecule has 1 aliphatic rings. The van der Waals surface area contributed by atoms with Gasteiger partial charge in [-0.3, -0.25) is 9.69 Å². The van der Waals surface area contributed by atoms with E-state index < -0.39 is 17.9 Å². The number of aliphatic carboxylic acids is 1. The summed E-state index contributed by atoms with van der Waals surface area (Å²) in [6, 6.07) is 12.3. The molecule has 3 N–H and O–H groups in total. The number of hydrogen-bond acceptors (Lipinski definition) is 5. The molecule has 0 spiro atoms. The quantitative estimate of drug-likeness (QED) is 0.452. The van der Waals surface area contributed by atoms with Gasteiger partial charge in [0, 0.05) is 30.2 Å². The summed E-state index contributed by atoms with van der Waals surface area (Å²) in [5.74, 6) is -1.44. The molecule has 3 rings (SSSR count). The summed E-state index contributed by atoms with van der Waals surface area (Å²) in [4.78, 5) is 13.4. The maximum Gasteiger partial charge on any atom is 0.303 e. The highest BCUT2D eigenvalue weighted by Gasteiger charge is 2.21. The van der Waals surface area contributed by atoms with Crippen molar-refractivity contribution in [3.8, 4) is 5.75 Å². The monoisotopic (exact) mass is 478 g/mol. The minimum Gasteiger partial charge on any atom is -0.490 e. The van der Waals surface area contributed by atoms with Gasteiger partial charge in [-0.05, 0) is 61.2 Å². The average Bonchev–Trinajstić information content (AvgIpc) is 2.78. The van der Waals surface area contributed by atoms with Crippen molar-refractivity contribution >= 4 is 17.6 Å². The molecule has 1 unspecified atom stereocenters. The molecule has 0 aromatic heterocycles. The van der Waals surface area contributed by atoms with Gasteiger partial charge in [0.1, 0.15) is 24.3 Å². The highest BCUT2D eigenvalue weighted by atomic mass is 35.5. The molecule has 8 heteroatoms. The summed E-state index contributed by atoms with van der Waals surface area (Å²) in [6.07, 6.45) is 1.13. The van der Waals surface area contributed by atoms with Gasteiger partial charge in [0.25, 0.3) is 0 Å². The molecular formula is C25H32ClFN2O4. The third kappa shape index (κ3) is 8.27. The highest BCUT2D eigenvalue weighted by Crippen LogP contribution is 2.30. The molecule has 0 radical (unpaired) electrons. The Morgan fingerprint density at radius 3 is 2.61 bits per heavy atom. The fraction of sp³-hybridized carbons (Fsp3) is 0.480. The number of piperidine rings is 1. The SMILES string of the molecule is CC(CC(=O)O)c1ccc(F)cc1OC[C@H](O)CNC1CCN(Cc2ccc(Cl)cc2)CC1. The topological polar surface area (TPSA) is 82.0 Å². The van der Waals surface area contributed by atoms with Crippen molar-refractivity contribution in [1.82, 2.24) is 10.2 Å². The number of ether oxygens (including phenoxy) is 1. The lowest BCUT2D eigenvalue weighted by Gasteiger charge is -2.33. The minimum atomic E-state index is -0.929. The molecule has 1 saturated heterocycles. The molecule has 180 valence electrons. The first-order valence-corrected chi connectivity index (χ1v) is 11.7. The van der Waals surface area contributed by atoms with Crippen LogP contribution in [0.4, 0.5) is 4.39 Å². The molecule has 2 aromatic carbocycles. The van der Waals surface area contributed by atoms with Gasteiger partial charge in [-0.2, -0.15) is 0 Å². The second-order valence-electron chi connectivity index (χ2n) is 8.73. The van der Waals surface area contributed by atoms with E-state index in [1.165, 1.54) is 17.7 Å². The molecule has 0 saturated carbocycles. The van der Waals surface area contributed by atoms with Gasteiger partial charge in [-0.15, -0.1) is 0 Å². The fourth-order valence-corrected chi connectivity index (χ4v) is 4.23.